The number of amides is 1. The molecule has 0 radical (unpaired) electrons. The van der Waals surface area contributed by atoms with Crippen molar-refractivity contribution in [1.29, 1.82) is 0 Å². The van der Waals surface area contributed by atoms with Gasteiger partial charge < -0.3 is 10.8 Å². The van der Waals surface area contributed by atoms with Crippen molar-refractivity contribution in [2.75, 3.05) is 0 Å². The minimum atomic E-state index is -0.981. The van der Waals surface area contributed by atoms with Gasteiger partial charge in [0.25, 0.3) is 0 Å². The Morgan fingerprint density at radius 1 is 1.37 bits per heavy atom. The van der Waals surface area contributed by atoms with E-state index in [0.29, 0.717) is 18.4 Å². The maximum atomic E-state index is 11.5. The Balaban J connectivity index is 2.91. The molecular weight excluding hydrogens is 312 g/mol. The molecule has 0 spiro atoms. The number of hydrogen-bond acceptors (Lipinski definition) is 3. The first-order valence-corrected chi connectivity index (χ1v) is 6.78. The highest BCUT2D eigenvalue weighted by molar-refractivity contribution is 9.10. The number of aliphatic carboxylic acids is 1. The van der Waals surface area contributed by atoms with Crippen LogP contribution in [0.2, 0.25) is 0 Å². The minimum Gasteiger partial charge on any atom is -0.480 e. The third kappa shape index (κ3) is 4.65. The molecular formula is C13H17BrN2O3. The SMILES string of the molecule is CCCC(NC(C(N)=O)c1ccc(Br)cc1)C(=O)O. The number of hydrogen-bond donors (Lipinski definition) is 3. The molecule has 19 heavy (non-hydrogen) atoms. The Kier molecular flexibility index (Phi) is 5.98. The number of carboxylic acid groups (broad SMARTS) is 1. The first-order chi connectivity index (χ1) is 8.95. The molecule has 0 saturated carbocycles. The van der Waals surface area contributed by atoms with Crippen molar-refractivity contribution in [2.24, 2.45) is 5.73 Å². The van der Waals surface area contributed by atoms with Gasteiger partial charge in [-0.2, -0.15) is 0 Å². The number of halogens is 1. The number of primary amides is 1. The van der Waals surface area contributed by atoms with Crippen molar-refractivity contribution in [1.82, 2.24) is 5.32 Å². The number of benzene rings is 1. The van der Waals surface area contributed by atoms with E-state index in [9.17, 15) is 9.59 Å². The van der Waals surface area contributed by atoms with Crippen LogP contribution in [-0.2, 0) is 9.59 Å². The lowest BCUT2D eigenvalue weighted by molar-refractivity contribution is -0.140. The topological polar surface area (TPSA) is 92.4 Å². The van der Waals surface area contributed by atoms with Crippen molar-refractivity contribution in [3.8, 4) is 0 Å². The van der Waals surface area contributed by atoms with Gasteiger partial charge in [-0.25, -0.2) is 0 Å². The van der Waals surface area contributed by atoms with E-state index in [-0.39, 0.29) is 0 Å². The highest BCUT2D eigenvalue weighted by Gasteiger charge is 2.25. The molecule has 0 heterocycles. The van der Waals surface area contributed by atoms with Crippen molar-refractivity contribution in [3.05, 3.63) is 34.3 Å². The maximum Gasteiger partial charge on any atom is 0.320 e. The molecule has 1 aromatic rings. The number of nitrogens with one attached hydrogen (secondary N) is 1. The smallest absolute Gasteiger partial charge is 0.320 e. The molecule has 0 fully saturated rings. The Morgan fingerprint density at radius 2 is 1.95 bits per heavy atom. The lowest BCUT2D eigenvalue weighted by Crippen LogP contribution is -2.44. The van der Waals surface area contributed by atoms with Crippen LogP contribution in [0.5, 0.6) is 0 Å². The Morgan fingerprint density at radius 3 is 2.37 bits per heavy atom. The van der Waals surface area contributed by atoms with Crippen LogP contribution in [0.15, 0.2) is 28.7 Å². The first-order valence-electron chi connectivity index (χ1n) is 5.99. The van der Waals surface area contributed by atoms with Gasteiger partial charge in [-0.1, -0.05) is 41.4 Å². The predicted molar refractivity (Wildman–Crippen MR) is 75.5 cm³/mol. The lowest BCUT2D eigenvalue weighted by atomic mass is 10.0. The molecule has 0 bridgehead atoms. The summed E-state index contributed by atoms with van der Waals surface area (Å²) in [6.45, 7) is 1.89. The van der Waals surface area contributed by atoms with Crippen LogP contribution in [0.1, 0.15) is 31.4 Å². The third-order valence-corrected chi connectivity index (χ3v) is 3.26. The van der Waals surface area contributed by atoms with Gasteiger partial charge in [0.15, 0.2) is 0 Å². The average Bonchev–Trinajstić information content (AvgIpc) is 2.35. The lowest BCUT2D eigenvalue weighted by Gasteiger charge is -2.21. The van der Waals surface area contributed by atoms with Crippen LogP contribution in [0, 0.1) is 0 Å². The van der Waals surface area contributed by atoms with E-state index in [4.69, 9.17) is 10.8 Å². The van der Waals surface area contributed by atoms with Crippen molar-refractivity contribution >= 4 is 27.8 Å². The van der Waals surface area contributed by atoms with Gasteiger partial charge in [-0.15, -0.1) is 0 Å². The average molecular weight is 329 g/mol. The molecule has 0 aliphatic carbocycles. The summed E-state index contributed by atoms with van der Waals surface area (Å²) >= 11 is 3.30. The molecule has 104 valence electrons. The summed E-state index contributed by atoms with van der Waals surface area (Å²) in [5.74, 6) is -1.57. The van der Waals surface area contributed by atoms with Crippen molar-refractivity contribution in [3.63, 3.8) is 0 Å². The van der Waals surface area contributed by atoms with Crippen LogP contribution in [0.25, 0.3) is 0 Å². The van der Waals surface area contributed by atoms with Crippen molar-refractivity contribution in [2.45, 2.75) is 31.8 Å². The quantitative estimate of drug-likeness (QED) is 0.711. The summed E-state index contributed by atoms with van der Waals surface area (Å²) in [6, 6.07) is 5.44. The normalized spacial score (nSPS) is 13.8. The van der Waals surface area contributed by atoms with E-state index in [1.807, 2.05) is 6.92 Å². The van der Waals surface area contributed by atoms with E-state index in [0.717, 1.165) is 4.47 Å². The fraction of sp³-hybridized carbons (Fsp3) is 0.385. The zero-order valence-corrected chi connectivity index (χ0v) is 12.2. The maximum absolute atomic E-state index is 11.5. The molecule has 0 aromatic heterocycles. The summed E-state index contributed by atoms with van der Waals surface area (Å²) in [6.07, 6.45) is 1.14. The predicted octanol–water partition coefficient (Wildman–Crippen LogP) is 1.82. The Labute approximate surface area is 120 Å². The van der Waals surface area contributed by atoms with Crippen LogP contribution in [-0.4, -0.2) is 23.0 Å². The number of carbonyl (C=O) groups excluding carboxylic acids is 1. The molecule has 0 saturated heterocycles. The highest BCUT2D eigenvalue weighted by Crippen LogP contribution is 2.18. The summed E-state index contributed by atoms with van der Waals surface area (Å²) < 4.78 is 0.878. The van der Waals surface area contributed by atoms with Gasteiger partial charge in [0.05, 0.1) is 0 Å². The van der Waals surface area contributed by atoms with Crippen LogP contribution in [0.4, 0.5) is 0 Å². The molecule has 1 rings (SSSR count). The van der Waals surface area contributed by atoms with Crippen LogP contribution < -0.4 is 11.1 Å². The van der Waals surface area contributed by atoms with Gasteiger partial charge in [0.1, 0.15) is 12.1 Å². The second-order valence-corrected chi connectivity index (χ2v) is 5.15. The Bertz CT molecular complexity index is 448. The molecule has 4 N–H and O–H groups in total. The zero-order chi connectivity index (χ0) is 14.4. The van der Waals surface area contributed by atoms with Gasteiger partial charge in [-0.05, 0) is 24.1 Å². The van der Waals surface area contributed by atoms with Gasteiger partial charge >= 0.3 is 5.97 Å². The fourth-order valence-corrected chi connectivity index (χ4v) is 2.03. The molecule has 1 aromatic carbocycles. The molecule has 0 aliphatic rings. The van der Waals surface area contributed by atoms with E-state index in [2.05, 4.69) is 21.2 Å². The standard InChI is InChI=1S/C13H17BrN2O3/c1-2-3-10(13(18)19)16-11(12(15)17)8-4-6-9(14)7-5-8/h4-7,10-11,16H,2-3H2,1H3,(H2,15,17)(H,18,19). The number of carbonyl (C=O) groups is 2. The van der Waals surface area contributed by atoms with E-state index in [1.165, 1.54) is 0 Å². The number of rotatable bonds is 7. The van der Waals surface area contributed by atoms with Gasteiger partial charge in [0, 0.05) is 4.47 Å². The third-order valence-electron chi connectivity index (χ3n) is 2.73. The molecule has 2 unspecified atom stereocenters. The summed E-state index contributed by atoms with van der Waals surface area (Å²) in [5, 5.41) is 11.9. The van der Waals surface area contributed by atoms with Crippen LogP contribution in [0.3, 0.4) is 0 Å². The molecule has 0 aliphatic heterocycles. The summed E-state index contributed by atoms with van der Waals surface area (Å²) in [7, 11) is 0. The number of carboxylic acids is 1. The van der Waals surface area contributed by atoms with Crippen LogP contribution >= 0.6 is 15.9 Å². The van der Waals surface area contributed by atoms with Gasteiger partial charge in [0.2, 0.25) is 5.91 Å². The van der Waals surface area contributed by atoms with E-state index in [1.54, 1.807) is 24.3 Å². The first kappa shape index (κ1) is 15.7. The zero-order valence-electron chi connectivity index (χ0n) is 10.6. The number of nitrogens with two attached hydrogens (primary N) is 1. The monoisotopic (exact) mass is 328 g/mol. The largest absolute Gasteiger partial charge is 0.480 e. The summed E-state index contributed by atoms with van der Waals surface area (Å²) in [5.41, 5.74) is 6.00. The highest BCUT2D eigenvalue weighted by atomic mass is 79.9. The molecule has 6 heteroatoms. The Hall–Kier alpha value is -1.40. The second-order valence-electron chi connectivity index (χ2n) is 4.23. The second kappa shape index (κ2) is 7.25. The fourth-order valence-electron chi connectivity index (χ4n) is 1.77. The molecule has 5 nitrogen and oxygen atoms in total. The van der Waals surface area contributed by atoms with Gasteiger partial charge in [-0.3, -0.25) is 14.9 Å². The van der Waals surface area contributed by atoms with E-state index < -0.39 is 24.0 Å². The van der Waals surface area contributed by atoms with E-state index >= 15 is 0 Å². The molecule has 2 atom stereocenters. The summed E-state index contributed by atoms with van der Waals surface area (Å²) in [4.78, 5) is 22.6. The molecule has 1 amide bonds. The minimum absolute atomic E-state index is 0.440. The van der Waals surface area contributed by atoms with Crippen molar-refractivity contribution < 1.29 is 14.7 Å².